The first-order valence-electron chi connectivity index (χ1n) is 4.45. The summed E-state index contributed by atoms with van der Waals surface area (Å²) in [7, 11) is 0. The van der Waals surface area contributed by atoms with Crippen LogP contribution in [0.4, 0.5) is 0 Å². The van der Waals surface area contributed by atoms with Crippen molar-refractivity contribution in [1.82, 2.24) is 9.97 Å². The Labute approximate surface area is 85.2 Å². The smallest absolute Gasteiger partial charge is 0.143 e. The molecular formula is C11H8N2S. The monoisotopic (exact) mass is 200 g/mol. The lowest BCUT2D eigenvalue weighted by atomic mass is 10.2. The van der Waals surface area contributed by atoms with E-state index in [0.717, 1.165) is 16.0 Å². The second kappa shape index (κ2) is 2.75. The summed E-state index contributed by atoms with van der Waals surface area (Å²) in [5.41, 5.74) is 2.01. The molecule has 2 nitrogen and oxygen atoms in total. The van der Waals surface area contributed by atoms with Gasteiger partial charge in [0.05, 0.1) is 5.69 Å². The minimum atomic E-state index is 0.973. The Morgan fingerprint density at radius 2 is 2.07 bits per heavy atom. The van der Waals surface area contributed by atoms with Gasteiger partial charge in [-0.05, 0) is 13.0 Å². The van der Waals surface area contributed by atoms with Gasteiger partial charge in [0.1, 0.15) is 10.3 Å². The van der Waals surface area contributed by atoms with Crippen LogP contribution in [0.5, 0.6) is 0 Å². The first-order valence-corrected chi connectivity index (χ1v) is 5.27. The van der Waals surface area contributed by atoms with Crippen LogP contribution in [0.25, 0.3) is 20.4 Å². The highest BCUT2D eigenvalue weighted by Crippen LogP contribution is 2.30. The van der Waals surface area contributed by atoms with Gasteiger partial charge in [0.25, 0.3) is 0 Å². The van der Waals surface area contributed by atoms with Crippen LogP contribution in [0.2, 0.25) is 0 Å². The zero-order valence-corrected chi connectivity index (χ0v) is 8.51. The Morgan fingerprint density at radius 1 is 1.21 bits per heavy atom. The van der Waals surface area contributed by atoms with Gasteiger partial charge in [0, 0.05) is 16.3 Å². The van der Waals surface area contributed by atoms with E-state index in [1.165, 1.54) is 10.1 Å². The Morgan fingerprint density at radius 3 is 3.00 bits per heavy atom. The highest BCUT2D eigenvalue weighted by atomic mass is 32.1. The van der Waals surface area contributed by atoms with Crippen LogP contribution in [-0.4, -0.2) is 9.97 Å². The third kappa shape index (κ3) is 1.02. The summed E-state index contributed by atoms with van der Waals surface area (Å²) in [4.78, 5) is 9.91. The van der Waals surface area contributed by atoms with Crippen LogP contribution >= 0.6 is 11.3 Å². The molecule has 0 aliphatic heterocycles. The minimum Gasteiger partial charge on any atom is -0.248 e. The second-order valence-corrected chi connectivity index (χ2v) is 4.29. The summed E-state index contributed by atoms with van der Waals surface area (Å²) in [6, 6.07) is 8.30. The molecule has 68 valence electrons. The second-order valence-electron chi connectivity index (χ2n) is 3.26. The SMILES string of the molecule is Cc1cnc2sc3ccccc3c2n1. The maximum Gasteiger partial charge on any atom is 0.143 e. The molecule has 0 unspecified atom stereocenters. The first kappa shape index (κ1) is 7.88. The number of benzene rings is 1. The third-order valence-corrected chi connectivity index (χ3v) is 3.28. The molecule has 0 aliphatic carbocycles. The third-order valence-electron chi connectivity index (χ3n) is 2.21. The summed E-state index contributed by atoms with van der Waals surface area (Å²) >= 11 is 1.70. The standard InChI is InChI=1S/C11H8N2S/c1-7-6-12-11-10(13-7)8-4-2-3-5-9(8)14-11/h2-6H,1H3. The van der Waals surface area contributed by atoms with Crippen molar-refractivity contribution in [3.05, 3.63) is 36.2 Å². The molecule has 0 radical (unpaired) electrons. The van der Waals surface area contributed by atoms with Crippen molar-refractivity contribution in [3.8, 4) is 0 Å². The fraction of sp³-hybridized carbons (Fsp3) is 0.0909. The molecular weight excluding hydrogens is 192 g/mol. The molecule has 0 amide bonds. The van der Waals surface area contributed by atoms with E-state index in [4.69, 9.17) is 0 Å². The number of thiophene rings is 1. The normalized spacial score (nSPS) is 11.2. The first-order chi connectivity index (χ1) is 6.84. The maximum atomic E-state index is 4.51. The Bertz CT molecular complexity index is 613. The van der Waals surface area contributed by atoms with Gasteiger partial charge >= 0.3 is 0 Å². The van der Waals surface area contributed by atoms with Gasteiger partial charge in [0.2, 0.25) is 0 Å². The van der Waals surface area contributed by atoms with Crippen molar-refractivity contribution >= 4 is 31.8 Å². The fourth-order valence-electron chi connectivity index (χ4n) is 1.57. The fourth-order valence-corrected chi connectivity index (χ4v) is 2.56. The molecule has 3 heteroatoms. The zero-order chi connectivity index (χ0) is 9.54. The quantitative estimate of drug-likeness (QED) is 0.557. The topological polar surface area (TPSA) is 25.8 Å². The molecule has 3 aromatic rings. The van der Waals surface area contributed by atoms with E-state index in [1.54, 1.807) is 11.3 Å². The largest absolute Gasteiger partial charge is 0.248 e. The molecule has 0 N–H and O–H groups in total. The Hall–Kier alpha value is -1.48. The molecule has 2 aromatic heterocycles. The number of aryl methyl sites for hydroxylation is 1. The predicted molar refractivity (Wildman–Crippen MR) is 59.7 cm³/mol. The van der Waals surface area contributed by atoms with Crippen LogP contribution in [0, 0.1) is 6.92 Å². The van der Waals surface area contributed by atoms with Crippen molar-refractivity contribution in [2.24, 2.45) is 0 Å². The van der Waals surface area contributed by atoms with Crippen LogP contribution in [0.15, 0.2) is 30.5 Å². The summed E-state index contributed by atoms with van der Waals surface area (Å²) < 4.78 is 1.26. The van der Waals surface area contributed by atoms with Gasteiger partial charge < -0.3 is 0 Å². The van der Waals surface area contributed by atoms with Gasteiger partial charge in [-0.1, -0.05) is 18.2 Å². The van der Waals surface area contributed by atoms with Crippen LogP contribution < -0.4 is 0 Å². The summed E-state index contributed by atoms with van der Waals surface area (Å²) in [6.07, 6.45) is 1.82. The molecule has 1 aromatic carbocycles. The van der Waals surface area contributed by atoms with Crippen molar-refractivity contribution in [3.63, 3.8) is 0 Å². The molecule has 3 rings (SSSR count). The molecule has 0 aliphatic rings. The molecule has 0 atom stereocenters. The molecule has 0 fully saturated rings. The summed E-state index contributed by atoms with van der Waals surface area (Å²) in [6.45, 7) is 1.97. The number of hydrogen-bond donors (Lipinski definition) is 0. The maximum absolute atomic E-state index is 4.51. The van der Waals surface area contributed by atoms with Gasteiger partial charge in [-0.25, -0.2) is 9.97 Å². The van der Waals surface area contributed by atoms with E-state index in [-0.39, 0.29) is 0 Å². The Balaban J connectivity index is 2.58. The minimum absolute atomic E-state index is 0.973. The predicted octanol–water partition coefficient (Wildman–Crippen LogP) is 3.15. The Kier molecular flexibility index (Phi) is 1.55. The number of rotatable bonds is 0. The molecule has 0 spiro atoms. The molecule has 14 heavy (non-hydrogen) atoms. The summed E-state index contributed by atoms with van der Waals surface area (Å²) in [5, 5.41) is 1.21. The van der Waals surface area contributed by atoms with Crippen molar-refractivity contribution in [1.29, 1.82) is 0 Å². The summed E-state index contributed by atoms with van der Waals surface area (Å²) in [5.74, 6) is 0. The lowest BCUT2D eigenvalue weighted by Crippen LogP contribution is -1.82. The van der Waals surface area contributed by atoms with Crippen LogP contribution in [0.1, 0.15) is 5.69 Å². The van der Waals surface area contributed by atoms with Crippen molar-refractivity contribution < 1.29 is 0 Å². The number of fused-ring (bicyclic) bond motifs is 3. The van der Waals surface area contributed by atoms with Crippen LogP contribution in [-0.2, 0) is 0 Å². The van der Waals surface area contributed by atoms with Gasteiger partial charge in [-0.3, -0.25) is 0 Å². The average molecular weight is 200 g/mol. The van der Waals surface area contributed by atoms with Crippen molar-refractivity contribution in [2.75, 3.05) is 0 Å². The van der Waals surface area contributed by atoms with Crippen molar-refractivity contribution in [2.45, 2.75) is 6.92 Å². The van der Waals surface area contributed by atoms with Crippen LogP contribution in [0.3, 0.4) is 0 Å². The number of aromatic nitrogens is 2. The lowest BCUT2D eigenvalue weighted by Gasteiger charge is -1.91. The molecule has 0 saturated heterocycles. The highest BCUT2D eigenvalue weighted by Gasteiger charge is 2.05. The van der Waals surface area contributed by atoms with Gasteiger partial charge in [-0.2, -0.15) is 0 Å². The molecule has 2 heterocycles. The number of nitrogens with zero attached hydrogens (tertiary/aromatic N) is 2. The number of hydrogen-bond acceptors (Lipinski definition) is 3. The zero-order valence-electron chi connectivity index (χ0n) is 7.69. The van der Waals surface area contributed by atoms with E-state index in [2.05, 4.69) is 22.1 Å². The van der Waals surface area contributed by atoms with Gasteiger partial charge in [0.15, 0.2) is 0 Å². The van der Waals surface area contributed by atoms with E-state index in [1.807, 2.05) is 25.3 Å². The average Bonchev–Trinajstić information content (AvgIpc) is 2.56. The van der Waals surface area contributed by atoms with E-state index in [9.17, 15) is 0 Å². The molecule has 0 bridgehead atoms. The van der Waals surface area contributed by atoms with Gasteiger partial charge in [-0.15, -0.1) is 11.3 Å². The highest BCUT2D eigenvalue weighted by molar-refractivity contribution is 7.25. The molecule has 0 saturated carbocycles. The van der Waals surface area contributed by atoms with E-state index < -0.39 is 0 Å². The van der Waals surface area contributed by atoms with E-state index in [0.29, 0.717) is 0 Å². The lowest BCUT2D eigenvalue weighted by molar-refractivity contribution is 1.20. The van der Waals surface area contributed by atoms with E-state index >= 15 is 0 Å².